The molecule has 2 aromatic rings. The van der Waals surface area contributed by atoms with E-state index in [9.17, 15) is 4.79 Å². The molecule has 0 bridgehead atoms. The van der Waals surface area contributed by atoms with Crippen molar-refractivity contribution in [1.29, 1.82) is 0 Å². The maximum absolute atomic E-state index is 11.9. The molecule has 0 spiro atoms. The molecular formula is C14H15ClN2OS. The quantitative estimate of drug-likeness (QED) is 0.909. The van der Waals surface area contributed by atoms with Gasteiger partial charge in [0.15, 0.2) is 0 Å². The molecule has 100 valence electrons. The fourth-order valence-electron chi connectivity index (χ4n) is 1.71. The van der Waals surface area contributed by atoms with E-state index in [4.69, 9.17) is 17.3 Å². The number of aryl methyl sites for hydroxylation is 1. The van der Waals surface area contributed by atoms with Crippen LogP contribution in [0.2, 0.25) is 5.02 Å². The fraction of sp³-hybridized carbons (Fsp3) is 0.214. The molecule has 1 amide bonds. The van der Waals surface area contributed by atoms with Crippen molar-refractivity contribution in [2.24, 2.45) is 0 Å². The second kappa shape index (κ2) is 6.08. The Balaban J connectivity index is 1.87. The van der Waals surface area contributed by atoms with Gasteiger partial charge in [0.1, 0.15) is 0 Å². The maximum atomic E-state index is 11.9. The number of nitrogens with two attached hydrogens (primary N) is 1. The lowest BCUT2D eigenvalue weighted by molar-refractivity contribution is 0.0958. The van der Waals surface area contributed by atoms with Crippen molar-refractivity contribution in [1.82, 2.24) is 5.32 Å². The van der Waals surface area contributed by atoms with E-state index in [0.29, 0.717) is 22.1 Å². The van der Waals surface area contributed by atoms with Crippen molar-refractivity contribution in [3.63, 3.8) is 0 Å². The number of rotatable bonds is 4. The lowest BCUT2D eigenvalue weighted by atomic mass is 10.1. The zero-order valence-corrected chi connectivity index (χ0v) is 12.1. The molecule has 1 aromatic carbocycles. The number of hydrogen-bond acceptors (Lipinski definition) is 3. The van der Waals surface area contributed by atoms with Crippen LogP contribution in [0.3, 0.4) is 0 Å². The minimum absolute atomic E-state index is 0.0770. The Labute approximate surface area is 121 Å². The van der Waals surface area contributed by atoms with Gasteiger partial charge in [-0.1, -0.05) is 23.7 Å². The number of halogens is 1. The first-order valence-electron chi connectivity index (χ1n) is 5.95. The third-order valence-electron chi connectivity index (χ3n) is 2.77. The lowest BCUT2D eigenvalue weighted by Gasteiger charge is -2.04. The number of carbonyl (C=O) groups excluding carboxylic acids is 1. The van der Waals surface area contributed by atoms with Crippen LogP contribution < -0.4 is 11.1 Å². The predicted octanol–water partition coefficient (Wildman–Crippen LogP) is 3.26. The standard InChI is InChI=1S/C14H15ClN2OS/c1-9-12(16)8-13(19-9)14(18)17-6-5-10-3-2-4-11(15)7-10/h2-4,7-8H,5-6,16H2,1H3,(H,17,18). The second-order valence-electron chi connectivity index (χ2n) is 4.26. The predicted molar refractivity (Wildman–Crippen MR) is 81.0 cm³/mol. The molecule has 0 aliphatic rings. The third-order valence-corrected chi connectivity index (χ3v) is 4.07. The van der Waals surface area contributed by atoms with E-state index in [1.165, 1.54) is 11.3 Å². The molecule has 0 saturated carbocycles. The number of anilines is 1. The normalized spacial score (nSPS) is 10.4. The minimum atomic E-state index is -0.0770. The Morgan fingerprint density at radius 3 is 2.84 bits per heavy atom. The van der Waals surface area contributed by atoms with Gasteiger partial charge in [-0.3, -0.25) is 4.79 Å². The van der Waals surface area contributed by atoms with Gasteiger partial charge in [0.25, 0.3) is 5.91 Å². The van der Waals surface area contributed by atoms with Crippen molar-refractivity contribution < 1.29 is 4.79 Å². The summed E-state index contributed by atoms with van der Waals surface area (Å²) in [6.45, 7) is 2.48. The summed E-state index contributed by atoms with van der Waals surface area (Å²) in [6, 6.07) is 9.35. The number of hydrogen-bond donors (Lipinski definition) is 2. The van der Waals surface area contributed by atoms with Gasteiger partial charge in [-0.25, -0.2) is 0 Å². The van der Waals surface area contributed by atoms with E-state index >= 15 is 0 Å². The Morgan fingerprint density at radius 2 is 2.21 bits per heavy atom. The molecule has 0 fully saturated rings. The highest BCUT2D eigenvalue weighted by Crippen LogP contribution is 2.23. The van der Waals surface area contributed by atoms with Crippen LogP contribution >= 0.6 is 22.9 Å². The number of benzene rings is 1. The van der Waals surface area contributed by atoms with E-state index in [2.05, 4.69) is 5.32 Å². The van der Waals surface area contributed by atoms with Crippen molar-refractivity contribution >= 4 is 34.5 Å². The molecule has 19 heavy (non-hydrogen) atoms. The lowest BCUT2D eigenvalue weighted by Crippen LogP contribution is -2.24. The van der Waals surface area contributed by atoms with Crippen molar-refractivity contribution in [2.75, 3.05) is 12.3 Å². The SMILES string of the molecule is Cc1sc(C(=O)NCCc2cccc(Cl)c2)cc1N. The first-order chi connectivity index (χ1) is 9.06. The summed E-state index contributed by atoms with van der Waals surface area (Å²) in [5, 5.41) is 3.59. The molecule has 0 aliphatic heterocycles. The molecule has 3 N–H and O–H groups in total. The Kier molecular flexibility index (Phi) is 4.45. The summed E-state index contributed by atoms with van der Waals surface area (Å²) >= 11 is 7.32. The van der Waals surface area contributed by atoms with Crippen LogP contribution in [0.4, 0.5) is 5.69 Å². The molecule has 1 aromatic heterocycles. The van der Waals surface area contributed by atoms with Gasteiger partial charge in [-0.05, 0) is 37.1 Å². The molecule has 0 atom stereocenters. The average Bonchev–Trinajstić information content (AvgIpc) is 2.70. The Bertz CT molecular complexity index is 575. The highest BCUT2D eigenvalue weighted by atomic mass is 35.5. The average molecular weight is 295 g/mol. The maximum Gasteiger partial charge on any atom is 0.261 e. The van der Waals surface area contributed by atoms with E-state index in [1.54, 1.807) is 6.07 Å². The Hall–Kier alpha value is -1.52. The molecule has 0 radical (unpaired) electrons. The molecule has 5 heteroatoms. The molecule has 0 aliphatic carbocycles. The van der Waals surface area contributed by atoms with Crippen LogP contribution in [0.15, 0.2) is 30.3 Å². The van der Waals surface area contributed by atoms with Crippen LogP contribution in [0.1, 0.15) is 20.1 Å². The van der Waals surface area contributed by atoms with Crippen molar-refractivity contribution in [2.45, 2.75) is 13.3 Å². The topological polar surface area (TPSA) is 55.1 Å². The zero-order valence-electron chi connectivity index (χ0n) is 10.6. The van der Waals surface area contributed by atoms with Crippen molar-refractivity contribution in [3.8, 4) is 0 Å². The van der Waals surface area contributed by atoms with E-state index in [-0.39, 0.29) is 5.91 Å². The van der Waals surface area contributed by atoms with Gasteiger partial charge in [0.2, 0.25) is 0 Å². The number of thiophene rings is 1. The molecular weight excluding hydrogens is 280 g/mol. The highest BCUT2D eigenvalue weighted by molar-refractivity contribution is 7.14. The molecule has 1 heterocycles. The van der Waals surface area contributed by atoms with Crippen LogP contribution in [-0.2, 0) is 6.42 Å². The molecule has 2 rings (SSSR count). The fourth-order valence-corrected chi connectivity index (χ4v) is 2.78. The molecule has 0 saturated heterocycles. The zero-order chi connectivity index (χ0) is 13.8. The smallest absolute Gasteiger partial charge is 0.261 e. The Morgan fingerprint density at radius 1 is 1.42 bits per heavy atom. The van der Waals surface area contributed by atoms with Crippen LogP contribution in [-0.4, -0.2) is 12.5 Å². The summed E-state index contributed by atoms with van der Waals surface area (Å²) in [5.41, 5.74) is 7.51. The van der Waals surface area contributed by atoms with Gasteiger partial charge in [-0.15, -0.1) is 11.3 Å². The van der Waals surface area contributed by atoms with Crippen LogP contribution in [0.25, 0.3) is 0 Å². The van der Waals surface area contributed by atoms with Gasteiger partial charge in [-0.2, -0.15) is 0 Å². The van der Waals surface area contributed by atoms with Crippen LogP contribution in [0, 0.1) is 6.92 Å². The number of carbonyl (C=O) groups is 1. The minimum Gasteiger partial charge on any atom is -0.398 e. The summed E-state index contributed by atoms with van der Waals surface area (Å²) in [6.07, 6.45) is 0.756. The summed E-state index contributed by atoms with van der Waals surface area (Å²) in [4.78, 5) is 13.5. The number of amides is 1. The van der Waals surface area contributed by atoms with Gasteiger partial charge < -0.3 is 11.1 Å². The first-order valence-corrected chi connectivity index (χ1v) is 7.14. The number of nitrogen functional groups attached to an aromatic ring is 1. The third kappa shape index (κ3) is 3.72. The van der Waals surface area contributed by atoms with E-state index in [0.717, 1.165) is 16.9 Å². The summed E-state index contributed by atoms with van der Waals surface area (Å²) in [7, 11) is 0. The number of nitrogens with one attached hydrogen (secondary N) is 1. The van der Waals surface area contributed by atoms with Gasteiger partial charge in [0, 0.05) is 22.1 Å². The van der Waals surface area contributed by atoms with E-state index in [1.807, 2.05) is 31.2 Å². The second-order valence-corrected chi connectivity index (χ2v) is 5.95. The van der Waals surface area contributed by atoms with E-state index < -0.39 is 0 Å². The monoisotopic (exact) mass is 294 g/mol. The van der Waals surface area contributed by atoms with Crippen molar-refractivity contribution in [3.05, 3.63) is 50.7 Å². The largest absolute Gasteiger partial charge is 0.398 e. The molecule has 0 unspecified atom stereocenters. The van der Waals surface area contributed by atoms with Gasteiger partial charge in [0.05, 0.1) is 4.88 Å². The van der Waals surface area contributed by atoms with Crippen LogP contribution in [0.5, 0.6) is 0 Å². The first kappa shape index (κ1) is 13.9. The molecule has 3 nitrogen and oxygen atoms in total. The summed E-state index contributed by atoms with van der Waals surface area (Å²) in [5.74, 6) is -0.0770. The summed E-state index contributed by atoms with van der Waals surface area (Å²) < 4.78 is 0. The highest BCUT2D eigenvalue weighted by Gasteiger charge is 2.10. The van der Waals surface area contributed by atoms with Gasteiger partial charge >= 0.3 is 0 Å².